The van der Waals surface area contributed by atoms with Crippen LogP contribution >= 0.6 is 22.9 Å². The molecule has 0 spiro atoms. The topological polar surface area (TPSA) is 12.0 Å². The van der Waals surface area contributed by atoms with Gasteiger partial charge in [0.25, 0.3) is 0 Å². The number of nitrogens with one attached hydrogen (secondary N) is 1. The van der Waals surface area contributed by atoms with Crippen LogP contribution in [0.15, 0.2) is 48.5 Å². The van der Waals surface area contributed by atoms with Gasteiger partial charge in [-0.1, -0.05) is 41.9 Å². The van der Waals surface area contributed by atoms with Crippen LogP contribution in [0.5, 0.6) is 0 Å². The number of aryl methyl sites for hydroxylation is 1. The van der Waals surface area contributed by atoms with Crippen molar-refractivity contribution < 1.29 is 0 Å². The Bertz CT molecular complexity index is 778. The average molecular weight is 300 g/mol. The van der Waals surface area contributed by atoms with E-state index in [1.165, 1.54) is 26.9 Å². The van der Waals surface area contributed by atoms with E-state index in [4.69, 9.17) is 11.6 Å². The van der Waals surface area contributed by atoms with Crippen molar-refractivity contribution in [3.63, 3.8) is 0 Å². The Labute approximate surface area is 127 Å². The van der Waals surface area contributed by atoms with Crippen molar-refractivity contribution in [1.82, 2.24) is 0 Å². The quantitative estimate of drug-likeness (QED) is 0.644. The van der Waals surface area contributed by atoms with Gasteiger partial charge in [0.05, 0.1) is 10.4 Å². The van der Waals surface area contributed by atoms with Crippen molar-refractivity contribution in [3.8, 4) is 0 Å². The molecule has 3 heteroatoms. The SMILES string of the molecule is Clc1cc2c(s1)CCC2Nc1ccc2ccccc2c1. The van der Waals surface area contributed by atoms with E-state index in [1.54, 1.807) is 11.3 Å². The molecule has 0 bridgehead atoms. The molecule has 1 aromatic heterocycles. The van der Waals surface area contributed by atoms with Crippen molar-refractivity contribution in [1.29, 1.82) is 0 Å². The Hall–Kier alpha value is -1.51. The van der Waals surface area contributed by atoms with Crippen LogP contribution in [0.3, 0.4) is 0 Å². The van der Waals surface area contributed by atoms with Gasteiger partial charge in [-0.2, -0.15) is 0 Å². The van der Waals surface area contributed by atoms with E-state index >= 15 is 0 Å². The maximum absolute atomic E-state index is 6.12. The van der Waals surface area contributed by atoms with E-state index in [1.807, 2.05) is 0 Å². The molecule has 100 valence electrons. The number of anilines is 1. The minimum absolute atomic E-state index is 0.398. The fourth-order valence-corrected chi connectivity index (χ4v) is 4.32. The van der Waals surface area contributed by atoms with Crippen molar-refractivity contribution in [2.45, 2.75) is 18.9 Å². The van der Waals surface area contributed by atoms with Crippen molar-refractivity contribution in [2.24, 2.45) is 0 Å². The van der Waals surface area contributed by atoms with Crippen LogP contribution in [0.2, 0.25) is 4.34 Å². The first-order chi connectivity index (χ1) is 9.79. The molecule has 0 aliphatic heterocycles. The van der Waals surface area contributed by atoms with Gasteiger partial charge in [-0.25, -0.2) is 0 Å². The predicted octanol–water partition coefficient (Wildman–Crippen LogP) is 5.65. The number of fused-ring (bicyclic) bond motifs is 2. The van der Waals surface area contributed by atoms with Crippen LogP contribution in [0.4, 0.5) is 5.69 Å². The van der Waals surface area contributed by atoms with Gasteiger partial charge >= 0.3 is 0 Å². The van der Waals surface area contributed by atoms with Crippen LogP contribution in [0.25, 0.3) is 10.8 Å². The number of rotatable bonds is 2. The number of hydrogen-bond acceptors (Lipinski definition) is 2. The van der Waals surface area contributed by atoms with Crippen LogP contribution in [0, 0.1) is 0 Å². The van der Waals surface area contributed by atoms with Gasteiger partial charge in [-0.15, -0.1) is 11.3 Å². The molecule has 20 heavy (non-hydrogen) atoms. The largest absolute Gasteiger partial charge is 0.378 e. The zero-order chi connectivity index (χ0) is 13.5. The van der Waals surface area contributed by atoms with Gasteiger partial charge in [-0.05, 0) is 47.4 Å². The molecule has 1 atom stereocenters. The third-order valence-corrected chi connectivity index (χ3v) is 5.28. The molecule has 0 saturated heterocycles. The number of halogens is 1. The Morgan fingerprint density at radius 2 is 1.90 bits per heavy atom. The second kappa shape index (κ2) is 4.80. The summed E-state index contributed by atoms with van der Waals surface area (Å²) in [6, 6.07) is 17.5. The summed E-state index contributed by atoms with van der Waals surface area (Å²) in [6.07, 6.45) is 2.29. The average Bonchev–Trinajstić information content (AvgIpc) is 2.99. The molecule has 0 amide bonds. The minimum atomic E-state index is 0.398. The van der Waals surface area contributed by atoms with Gasteiger partial charge in [-0.3, -0.25) is 0 Å². The maximum Gasteiger partial charge on any atom is 0.0934 e. The molecule has 1 aliphatic carbocycles. The molecule has 1 heterocycles. The summed E-state index contributed by atoms with van der Waals surface area (Å²) in [5.41, 5.74) is 2.57. The first-order valence-corrected chi connectivity index (χ1v) is 8.02. The number of thiophene rings is 1. The molecule has 3 aromatic rings. The normalized spacial score (nSPS) is 17.4. The summed E-state index contributed by atoms with van der Waals surface area (Å²) < 4.78 is 0.903. The third kappa shape index (κ3) is 2.09. The minimum Gasteiger partial charge on any atom is -0.378 e. The lowest BCUT2D eigenvalue weighted by molar-refractivity contribution is 0.762. The van der Waals surface area contributed by atoms with Crippen LogP contribution in [-0.2, 0) is 6.42 Å². The molecule has 1 N–H and O–H groups in total. The smallest absolute Gasteiger partial charge is 0.0934 e. The lowest BCUT2D eigenvalue weighted by atomic mass is 10.1. The Morgan fingerprint density at radius 3 is 2.80 bits per heavy atom. The van der Waals surface area contributed by atoms with E-state index in [9.17, 15) is 0 Å². The summed E-state index contributed by atoms with van der Waals surface area (Å²) in [4.78, 5) is 1.44. The molecule has 1 unspecified atom stereocenters. The van der Waals surface area contributed by atoms with Crippen molar-refractivity contribution in [2.75, 3.05) is 5.32 Å². The highest BCUT2D eigenvalue weighted by Gasteiger charge is 2.24. The van der Waals surface area contributed by atoms with Crippen LogP contribution in [0.1, 0.15) is 22.9 Å². The number of benzene rings is 2. The third-order valence-electron chi connectivity index (χ3n) is 3.94. The monoisotopic (exact) mass is 299 g/mol. The van der Waals surface area contributed by atoms with E-state index in [2.05, 4.69) is 53.8 Å². The first-order valence-electron chi connectivity index (χ1n) is 6.83. The molecule has 4 rings (SSSR count). The van der Waals surface area contributed by atoms with Gasteiger partial charge < -0.3 is 5.32 Å². The van der Waals surface area contributed by atoms with E-state index in [0.717, 1.165) is 17.2 Å². The standard InChI is InChI=1S/C17H14ClNS/c18-17-10-14-15(7-8-16(14)20-17)19-13-6-5-11-3-1-2-4-12(11)9-13/h1-6,9-10,15,19H,7-8H2. The molecule has 1 nitrogen and oxygen atoms in total. The fraction of sp³-hybridized carbons (Fsp3) is 0.176. The van der Waals surface area contributed by atoms with E-state index < -0.39 is 0 Å². The van der Waals surface area contributed by atoms with Crippen LogP contribution < -0.4 is 5.32 Å². The lowest BCUT2D eigenvalue weighted by Gasteiger charge is -2.15. The fourth-order valence-electron chi connectivity index (χ4n) is 2.96. The zero-order valence-corrected chi connectivity index (χ0v) is 12.5. The number of hydrogen-bond donors (Lipinski definition) is 1. The second-order valence-corrected chi connectivity index (χ2v) is 6.99. The van der Waals surface area contributed by atoms with Crippen molar-refractivity contribution >= 4 is 39.4 Å². The molecule has 0 saturated carbocycles. The molecule has 0 radical (unpaired) electrons. The van der Waals surface area contributed by atoms with Gasteiger partial charge in [0.1, 0.15) is 0 Å². The first kappa shape index (κ1) is 12.2. The summed E-state index contributed by atoms with van der Waals surface area (Å²) >= 11 is 7.83. The lowest BCUT2D eigenvalue weighted by Crippen LogP contribution is -2.06. The Balaban J connectivity index is 1.65. The Kier molecular flexibility index (Phi) is 2.94. The summed E-state index contributed by atoms with van der Waals surface area (Å²) in [7, 11) is 0. The molecule has 1 aliphatic rings. The highest BCUT2D eigenvalue weighted by molar-refractivity contribution is 7.16. The highest BCUT2D eigenvalue weighted by atomic mass is 35.5. The summed E-state index contributed by atoms with van der Waals surface area (Å²) in [5.74, 6) is 0. The molecule has 0 fully saturated rings. The molecule has 2 aromatic carbocycles. The zero-order valence-electron chi connectivity index (χ0n) is 10.9. The predicted molar refractivity (Wildman–Crippen MR) is 88.0 cm³/mol. The maximum atomic E-state index is 6.12. The summed E-state index contributed by atoms with van der Waals surface area (Å²) in [6.45, 7) is 0. The van der Waals surface area contributed by atoms with Gasteiger partial charge in [0.2, 0.25) is 0 Å². The molecular weight excluding hydrogens is 286 g/mol. The van der Waals surface area contributed by atoms with Gasteiger partial charge in [0.15, 0.2) is 0 Å². The van der Waals surface area contributed by atoms with E-state index in [-0.39, 0.29) is 0 Å². The summed E-state index contributed by atoms with van der Waals surface area (Å²) in [5, 5.41) is 6.21. The van der Waals surface area contributed by atoms with Crippen molar-refractivity contribution in [3.05, 3.63) is 63.3 Å². The van der Waals surface area contributed by atoms with Crippen LogP contribution in [-0.4, -0.2) is 0 Å². The highest BCUT2D eigenvalue weighted by Crippen LogP contribution is 2.41. The van der Waals surface area contributed by atoms with Gasteiger partial charge in [0, 0.05) is 10.6 Å². The van der Waals surface area contributed by atoms with E-state index in [0.29, 0.717) is 6.04 Å². The molecular formula is C17H14ClNS. The Morgan fingerprint density at radius 1 is 1.05 bits per heavy atom. The second-order valence-electron chi connectivity index (χ2n) is 5.23.